The highest BCUT2D eigenvalue weighted by Gasteiger charge is 2.32. The lowest BCUT2D eigenvalue weighted by molar-refractivity contribution is -0.122. The van der Waals surface area contributed by atoms with Crippen LogP contribution in [0.25, 0.3) is 0 Å². The molecule has 0 aliphatic heterocycles. The largest absolute Gasteiger partial charge is 0.383 e. The lowest BCUT2D eigenvalue weighted by Gasteiger charge is -2.27. The lowest BCUT2D eigenvalue weighted by atomic mass is 9.98. The molecule has 94 valence electrons. The molecule has 0 spiro atoms. The van der Waals surface area contributed by atoms with Crippen LogP contribution in [0.5, 0.6) is 0 Å². The van der Waals surface area contributed by atoms with E-state index in [9.17, 15) is 4.79 Å². The Morgan fingerprint density at radius 1 is 1.50 bits per heavy atom. The van der Waals surface area contributed by atoms with Crippen LogP contribution in [0.1, 0.15) is 26.2 Å². The Hall–Kier alpha value is -0.650. The molecule has 1 aliphatic carbocycles. The van der Waals surface area contributed by atoms with E-state index in [0.29, 0.717) is 19.1 Å². The molecule has 1 unspecified atom stereocenters. The van der Waals surface area contributed by atoms with Crippen LogP contribution in [0, 0.1) is 0 Å². The normalized spacial score (nSPS) is 19.8. The third-order valence-electron chi connectivity index (χ3n) is 3.13. The molecular formula is C11H23N3O2. The number of carbonyl (C=O) groups excluding carboxylic acids is 1. The van der Waals surface area contributed by atoms with Gasteiger partial charge < -0.3 is 16.2 Å². The van der Waals surface area contributed by atoms with Crippen molar-refractivity contribution < 1.29 is 9.53 Å². The van der Waals surface area contributed by atoms with Crippen LogP contribution in [-0.4, -0.2) is 49.2 Å². The molecule has 0 bridgehead atoms. The third kappa shape index (κ3) is 4.08. The average molecular weight is 229 g/mol. The van der Waals surface area contributed by atoms with Gasteiger partial charge in [-0.1, -0.05) is 0 Å². The van der Waals surface area contributed by atoms with Crippen LogP contribution in [0.15, 0.2) is 0 Å². The summed E-state index contributed by atoms with van der Waals surface area (Å²) in [6, 6.07) is 0.652. The molecule has 1 rings (SSSR count). The molecular weight excluding hydrogens is 206 g/mol. The Morgan fingerprint density at radius 2 is 2.12 bits per heavy atom. The van der Waals surface area contributed by atoms with Gasteiger partial charge in [-0.2, -0.15) is 0 Å². The molecule has 16 heavy (non-hydrogen) atoms. The van der Waals surface area contributed by atoms with E-state index in [1.54, 1.807) is 14.0 Å². The molecule has 0 saturated heterocycles. The topological polar surface area (TPSA) is 81.6 Å². The summed E-state index contributed by atoms with van der Waals surface area (Å²) in [5.74, 6) is -0.435. The first-order valence-electron chi connectivity index (χ1n) is 5.79. The van der Waals surface area contributed by atoms with Gasteiger partial charge in [-0.15, -0.1) is 0 Å². The third-order valence-corrected chi connectivity index (χ3v) is 3.13. The minimum absolute atomic E-state index is 0.435. The smallest absolute Gasteiger partial charge is 0.237 e. The molecule has 5 nitrogen and oxygen atoms in total. The number of ether oxygens (including phenoxy) is 1. The molecule has 4 N–H and O–H groups in total. The quantitative estimate of drug-likeness (QED) is 0.598. The molecule has 1 aliphatic rings. The first-order valence-corrected chi connectivity index (χ1v) is 5.79. The number of primary amides is 1. The zero-order valence-corrected chi connectivity index (χ0v) is 10.2. The van der Waals surface area contributed by atoms with E-state index in [2.05, 4.69) is 4.90 Å². The fraction of sp³-hybridized carbons (Fsp3) is 0.909. The van der Waals surface area contributed by atoms with E-state index in [0.717, 1.165) is 13.1 Å². The Kier molecular flexibility index (Phi) is 4.70. The van der Waals surface area contributed by atoms with Crippen molar-refractivity contribution in [3.63, 3.8) is 0 Å². The zero-order chi connectivity index (χ0) is 12.2. The van der Waals surface area contributed by atoms with E-state index in [1.807, 2.05) is 0 Å². The Labute approximate surface area is 97.1 Å². The summed E-state index contributed by atoms with van der Waals surface area (Å²) in [6.07, 6.45) is 3.08. The van der Waals surface area contributed by atoms with E-state index in [-0.39, 0.29) is 0 Å². The zero-order valence-electron chi connectivity index (χ0n) is 10.2. The molecule has 1 fully saturated rings. The predicted octanol–water partition coefficient (Wildman–Crippen LogP) is -0.310. The van der Waals surface area contributed by atoms with Gasteiger partial charge in [0.25, 0.3) is 0 Å². The van der Waals surface area contributed by atoms with Crippen LogP contribution in [0.4, 0.5) is 0 Å². The molecule has 1 amide bonds. The van der Waals surface area contributed by atoms with E-state index in [4.69, 9.17) is 16.2 Å². The van der Waals surface area contributed by atoms with Crippen LogP contribution < -0.4 is 11.5 Å². The van der Waals surface area contributed by atoms with Gasteiger partial charge >= 0.3 is 0 Å². The fourth-order valence-electron chi connectivity index (χ4n) is 1.62. The van der Waals surface area contributed by atoms with E-state index < -0.39 is 11.4 Å². The van der Waals surface area contributed by atoms with E-state index in [1.165, 1.54) is 12.8 Å². The van der Waals surface area contributed by atoms with Gasteiger partial charge in [0.1, 0.15) is 0 Å². The standard InChI is InChI=1S/C11H23N3O2/c1-11(13,10(12)15)5-6-14(7-8-16-2)9-3-4-9/h9H,3-8,13H2,1-2H3,(H2,12,15). The van der Waals surface area contributed by atoms with Gasteiger partial charge in [0.05, 0.1) is 12.1 Å². The highest BCUT2D eigenvalue weighted by molar-refractivity contribution is 5.83. The van der Waals surface area contributed by atoms with E-state index >= 15 is 0 Å². The minimum Gasteiger partial charge on any atom is -0.383 e. The van der Waals surface area contributed by atoms with Crippen LogP contribution >= 0.6 is 0 Å². The second-order valence-electron chi connectivity index (χ2n) is 4.79. The number of methoxy groups -OCH3 is 1. The maximum absolute atomic E-state index is 11.1. The average Bonchev–Trinajstić information content (AvgIpc) is 3.01. The van der Waals surface area contributed by atoms with Crippen LogP contribution in [0.3, 0.4) is 0 Å². The summed E-state index contributed by atoms with van der Waals surface area (Å²) >= 11 is 0. The number of nitrogens with two attached hydrogens (primary N) is 2. The van der Waals surface area contributed by atoms with Crippen molar-refractivity contribution in [3.8, 4) is 0 Å². The van der Waals surface area contributed by atoms with Gasteiger partial charge in [0, 0.05) is 26.2 Å². The molecule has 5 heteroatoms. The van der Waals surface area contributed by atoms with Crippen molar-refractivity contribution in [3.05, 3.63) is 0 Å². The maximum atomic E-state index is 11.1. The maximum Gasteiger partial charge on any atom is 0.237 e. The summed E-state index contributed by atoms with van der Waals surface area (Å²) < 4.78 is 5.07. The van der Waals surface area contributed by atoms with Crippen molar-refractivity contribution in [1.29, 1.82) is 0 Å². The Bertz CT molecular complexity index is 239. The van der Waals surface area contributed by atoms with Crippen molar-refractivity contribution in [2.75, 3.05) is 26.8 Å². The fourth-order valence-corrected chi connectivity index (χ4v) is 1.62. The second-order valence-corrected chi connectivity index (χ2v) is 4.79. The molecule has 0 aromatic carbocycles. The van der Waals surface area contributed by atoms with Crippen LogP contribution in [-0.2, 0) is 9.53 Å². The van der Waals surface area contributed by atoms with Gasteiger partial charge in [-0.25, -0.2) is 0 Å². The highest BCUT2D eigenvalue weighted by atomic mass is 16.5. The highest BCUT2D eigenvalue weighted by Crippen LogP contribution is 2.27. The Balaban J connectivity index is 2.34. The minimum atomic E-state index is -0.903. The number of amides is 1. The second kappa shape index (κ2) is 5.61. The summed E-state index contributed by atoms with van der Waals surface area (Å²) in [5, 5.41) is 0. The molecule has 1 atom stereocenters. The lowest BCUT2D eigenvalue weighted by Crippen LogP contribution is -2.51. The van der Waals surface area contributed by atoms with Crippen molar-refractivity contribution >= 4 is 5.91 Å². The van der Waals surface area contributed by atoms with Crippen molar-refractivity contribution in [2.24, 2.45) is 11.5 Å². The number of hydrogen-bond donors (Lipinski definition) is 2. The number of rotatable bonds is 8. The van der Waals surface area contributed by atoms with Crippen molar-refractivity contribution in [1.82, 2.24) is 4.90 Å². The summed E-state index contributed by atoms with van der Waals surface area (Å²) in [4.78, 5) is 13.4. The molecule has 0 heterocycles. The molecule has 0 radical (unpaired) electrons. The molecule has 0 aromatic rings. The van der Waals surface area contributed by atoms with Gasteiger partial charge in [-0.3, -0.25) is 9.69 Å². The van der Waals surface area contributed by atoms with Crippen molar-refractivity contribution in [2.45, 2.75) is 37.8 Å². The number of nitrogens with zero attached hydrogens (tertiary/aromatic N) is 1. The van der Waals surface area contributed by atoms with Gasteiger partial charge in [0.15, 0.2) is 0 Å². The predicted molar refractivity (Wildman–Crippen MR) is 62.9 cm³/mol. The first kappa shape index (κ1) is 13.4. The molecule has 1 saturated carbocycles. The number of hydrogen-bond acceptors (Lipinski definition) is 4. The van der Waals surface area contributed by atoms with Crippen LogP contribution in [0.2, 0.25) is 0 Å². The summed E-state index contributed by atoms with van der Waals surface area (Å²) in [5.41, 5.74) is 10.2. The summed E-state index contributed by atoms with van der Waals surface area (Å²) in [6.45, 7) is 4.12. The van der Waals surface area contributed by atoms with Gasteiger partial charge in [-0.05, 0) is 26.2 Å². The molecule has 0 aromatic heterocycles. The van der Waals surface area contributed by atoms with Gasteiger partial charge in [0.2, 0.25) is 5.91 Å². The number of carbonyl (C=O) groups is 1. The Morgan fingerprint density at radius 3 is 2.56 bits per heavy atom. The monoisotopic (exact) mass is 229 g/mol. The first-order chi connectivity index (χ1) is 7.47. The SMILES string of the molecule is COCCN(CCC(C)(N)C(N)=O)C1CC1. The summed E-state index contributed by atoms with van der Waals surface area (Å²) in [7, 11) is 1.70.